The number of rotatable bonds is 1. The summed E-state index contributed by atoms with van der Waals surface area (Å²) in [5.74, 6) is 0. The molecule has 0 atom stereocenters. The van der Waals surface area contributed by atoms with Gasteiger partial charge in [-0.05, 0) is 19.3 Å². The lowest BCUT2D eigenvalue weighted by molar-refractivity contribution is 0.111. The molecule has 0 saturated heterocycles. The van der Waals surface area contributed by atoms with E-state index in [0.29, 0.717) is 0 Å². The van der Waals surface area contributed by atoms with Crippen LogP contribution in [0, 0.1) is 5.41 Å². The van der Waals surface area contributed by atoms with Crippen LogP contribution < -0.4 is 17.2 Å². The van der Waals surface area contributed by atoms with Gasteiger partial charge in [-0.1, -0.05) is 20.8 Å². The van der Waals surface area contributed by atoms with Crippen LogP contribution >= 0.6 is 0 Å². The molecule has 0 aromatic rings. The summed E-state index contributed by atoms with van der Waals surface area (Å²) in [4.78, 5) is 0. The topological polar surface area (TPSA) is 78.1 Å². The monoisotopic (exact) mass is 159 g/mol. The summed E-state index contributed by atoms with van der Waals surface area (Å²) >= 11 is 0. The van der Waals surface area contributed by atoms with Gasteiger partial charge in [0.1, 0.15) is 0 Å². The maximum atomic E-state index is 5.92. The highest BCUT2D eigenvalue weighted by atomic mass is 15.1. The Bertz CT molecular complexity index is 120. The summed E-state index contributed by atoms with van der Waals surface area (Å²) < 4.78 is 0. The molecule has 0 spiro atoms. The van der Waals surface area contributed by atoms with E-state index in [1.807, 2.05) is 34.6 Å². The van der Waals surface area contributed by atoms with Crippen molar-refractivity contribution in [1.29, 1.82) is 0 Å². The van der Waals surface area contributed by atoms with Gasteiger partial charge in [-0.25, -0.2) is 0 Å². The van der Waals surface area contributed by atoms with E-state index >= 15 is 0 Å². The summed E-state index contributed by atoms with van der Waals surface area (Å²) in [6.45, 7) is 9.65. The zero-order chi connectivity index (χ0) is 9.50. The van der Waals surface area contributed by atoms with Gasteiger partial charge in [-0.15, -0.1) is 0 Å². The van der Waals surface area contributed by atoms with Crippen LogP contribution in [0.25, 0.3) is 0 Å². The molecule has 0 aliphatic carbocycles. The molecule has 0 aliphatic rings. The summed E-state index contributed by atoms with van der Waals surface area (Å²) in [7, 11) is 0. The van der Waals surface area contributed by atoms with Gasteiger partial charge in [0.2, 0.25) is 0 Å². The lowest BCUT2D eigenvalue weighted by Crippen LogP contribution is -2.74. The molecule has 68 valence electrons. The predicted molar refractivity (Wildman–Crippen MR) is 48.8 cm³/mol. The van der Waals surface area contributed by atoms with Crippen molar-refractivity contribution in [2.75, 3.05) is 0 Å². The minimum atomic E-state index is -0.847. The van der Waals surface area contributed by atoms with Crippen molar-refractivity contribution in [2.24, 2.45) is 22.6 Å². The first-order valence-corrected chi connectivity index (χ1v) is 3.87. The fourth-order valence-corrected chi connectivity index (χ4v) is 0.967. The Morgan fingerprint density at radius 1 is 0.727 bits per heavy atom. The molecule has 0 saturated carbocycles. The Labute approximate surface area is 69.3 Å². The summed E-state index contributed by atoms with van der Waals surface area (Å²) in [6.07, 6.45) is 0. The highest BCUT2D eigenvalue weighted by Crippen LogP contribution is 2.30. The molecule has 6 N–H and O–H groups in total. The molecule has 11 heavy (non-hydrogen) atoms. The normalized spacial score (nSPS) is 15.3. The molecule has 0 unspecified atom stereocenters. The molecular formula is C8H21N3. The molecule has 0 aromatic carbocycles. The van der Waals surface area contributed by atoms with Gasteiger partial charge in [-0.3, -0.25) is 0 Å². The van der Waals surface area contributed by atoms with E-state index in [0.717, 1.165) is 0 Å². The molecule has 0 heterocycles. The zero-order valence-corrected chi connectivity index (χ0v) is 8.23. The van der Waals surface area contributed by atoms with Gasteiger partial charge in [0.25, 0.3) is 0 Å². The van der Waals surface area contributed by atoms with Crippen molar-refractivity contribution in [2.45, 2.75) is 45.8 Å². The minimum Gasteiger partial charge on any atom is -0.323 e. The van der Waals surface area contributed by atoms with E-state index in [1.165, 1.54) is 0 Å². The quantitative estimate of drug-likeness (QED) is 0.484. The summed E-state index contributed by atoms with van der Waals surface area (Å²) in [5.41, 5.74) is 16.1. The van der Waals surface area contributed by atoms with E-state index in [-0.39, 0.29) is 5.41 Å². The molecule has 0 radical (unpaired) electrons. The molecule has 0 bridgehead atoms. The van der Waals surface area contributed by atoms with Gasteiger partial charge in [0.15, 0.2) is 0 Å². The maximum absolute atomic E-state index is 5.92. The molecule has 0 fully saturated rings. The largest absolute Gasteiger partial charge is 0.323 e. The van der Waals surface area contributed by atoms with Crippen LogP contribution in [0.4, 0.5) is 0 Å². The average molecular weight is 159 g/mol. The van der Waals surface area contributed by atoms with Crippen LogP contribution in [-0.4, -0.2) is 11.2 Å². The average Bonchev–Trinajstić information content (AvgIpc) is 1.58. The fourth-order valence-electron chi connectivity index (χ4n) is 0.967. The molecule has 0 amide bonds. The standard InChI is InChI=1S/C8H21N3/c1-6(2,3)8(10,11)7(4,5)9/h9-11H2,1-5H3. The van der Waals surface area contributed by atoms with Crippen LogP contribution in [0.15, 0.2) is 0 Å². The first-order valence-electron chi connectivity index (χ1n) is 3.87. The lowest BCUT2D eigenvalue weighted by Gasteiger charge is -2.47. The van der Waals surface area contributed by atoms with Crippen molar-refractivity contribution < 1.29 is 0 Å². The van der Waals surface area contributed by atoms with Gasteiger partial charge >= 0.3 is 0 Å². The van der Waals surface area contributed by atoms with E-state index in [9.17, 15) is 0 Å². The first-order chi connectivity index (χ1) is 4.50. The Morgan fingerprint density at radius 2 is 1.00 bits per heavy atom. The van der Waals surface area contributed by atoms with E-state index < -0.39 is 11.2 Å². The molecule has 3 nitrogen and oxygen atoms in total. The van der Waals surface area contributed by atoms with Crippen LogP contribution in [0.2, 0.25) is 0 Å². The number of nitrogens with two attached hydrogens (primary N) is 3. The zero-order valence-electron chi connectivity index (χ0n) is 8.23. The van der Waals surface area contributed by atoms with Gasteiger partial charge < -0.3 is 17.2 Å². The van der Waals surface area contributed by atoms with Gasteiger partial charge in [0, 0.05) is 5.54 Å². The second-order valence-corrected chi connectivity index (χ2v) is 4.84. The predicted octanol–water partition coefficient (Wildman–Crippen LogP) is 0.384. The van der Waals surface area contributed by atoms with Crippen molar-refractivity contribution in [3.05, 3.63) is 0 Å². The third-order valence-corrected chi connectivity index (χ3v) is 2.31. The van der Waals surface area contributed by atoms with Crippen molar-refractivity contribution in [3.63, 3.8) is 0 Å². The van der Waals surface area contributed by atoms with Crippen molar-refractivity contribution in [1.82, 2.24) is 0 Å². The van der Waals surface area contributed by atoms with Gasteiger partial charge in [0.05, 0.1) is 5.66 Å². The SMILES string of the molecule is CC(C)(C)C(N)(N)C(C)(C)N. The smallest absolute Gasteiger partial charge is 0.0865 e. The first kappa shape index (κ1) is 10.9. The second kappa shape index (κ2) is 2.44. The molecular weight excluding hydrogens is 138 g/mol. The van der Waals surface area contributed by atoms with E-state index in [2.05, 4.69) is 0 Å². The van der Waals surface area contributed by atoms with Crippen LogP contribution in [0.1, 0.15) is 34.6 Å². The Morgan fingerprint density at radius 3 is 1.00 bits per heavy atom. The van der Waals surface area contributed by atoms with Crippen LogP contribution in [0.5, 0.6) is 0 Å². The van der Waals surface area contributed by atoms with Crippen LogP contribution in [0.3, 0.4) is 0 Å². The molecule has 0 aromatic heterocycles. The highest BCUT2D eigenvalue weighted by molar-refractivity contribution is 5.04. The molecule has 0 rings (SSSR count). The maximum Gasteiger partial charge on any atom is 0.0865 e. The van der Waals surface area contributed by atoms with E-state index in [4.69, 9.17) is 17.2 Å². The molecule has 0 aliphatic heterocycles. The number of hydrogen-bond acceptors (Lipinski definition) is 3. The summed E-state index contributed by atoms with van der Waals surface area (Å²) in [5, 5.41) is 0. The Hall–Kier alpha value is -0.120. The summed E-state index contributed by atoms with van der Waals surface area (Å²) in [6, 6.07) is 0. The third kappa shape index (κ3) is 1.92. The van der Waals surface area contributed by atoms with Crippen molar-refractivity contribution in [3.8, 4) is 0 Å². The third-order valence-electron chi connectivity index (χ3n) is 2.31. The highest BCUT2D eigenvalue weighted by Gasteiger charge is 2.44. The van der Waals surface area contributed by atoms with E-state index in [1.54, 1.807) is 0 Å². The Balaban J connectivity index is 4.75. The van der Waals surface area contributed by atoms with Gasteiger partial charge in [-0.2, -0.15) is 0 Å². The van der Waals surface area contributed by atoms with Crippen LogP contribution in [-0.2, 0) is 0 Å². The lowest BCUT2D eigenvalue weighted by atomic mass is 9.71. The minimum absolute atomic E-state index is 0.189. The Kier molecular flexibility index (Phi) is 2.41. The fraction of sp³-hybridized carbons (Fsp3) is 1.00. The van der Waals surface area contributed by atoms with Crippen molar-refractivity contribution >= 4 is 0 Å². The second-order valence-electron chi connectivity index (χ2n) is 4.84. The number of hydrogen-bond donors (Lipinski definition) is 3. The molecule has 3 heteroatoms.